The predicted molar refractivity (Wildman–Crippen MR) is 107 cm³/mol. The van der Waals surface area contributed by atoms with E-state index >= 15 is 0 Å². The van der Waals surface area contributed by atoms with Crippen molar-refractivity contribution >= 4 is 23.4 Å². The molecule has 0 aromatic heterocycles. The molecule has 1 N–H and O–H groups in total. The smallest absolute Gasteiger partial charge is 0.406 e. The monoisotopic (exact) mass is 505 g/mol. The van der Waals surface area contributed by atoms with Crippen molar-refractivity contribution in [2.45, 2.75) is 12.7 Å². The molecule has 4 rings (SSSR count). The van der Waals surface area contributed by atoms with E-state index in [4.69, 9.17) is 4.84 Å². The fraction of sp³-hybridized carbons (Fsp3) is 0.333. The van der Waals surface area contributed by atoms with Crippen LogP contribution < -0.4 is 19.7 Å². The van der Waals surface area contributed by atoms with Gasteiger partial charge in [0.2, 0.25) is 5.91 Å². The fourth-order valence-corrected chi connectivity index (χ4v) is 3.95. The maximum atomic E-state index is 12.8. The number of carbonyl (C=O) groups is 2. The topological polar surface area (TPSA) is 80.3 Å². The van der Waals surface area contributed by atoms with Crippen LogP contribution in [-0.4, -0.2) is 49.4 Å². The third-order valence-corrected chi connectivity index (χ3v) is 5.34. The molecule has 2 aromatic rings. The first-order valence-electron chi connectivity index (χ1n) is 10.1. The van der Waals surface area contributed by atoms with Gasteiger partial charge in [-0.05, 0) is 48.5 Å². The van der Waals surface area contributed by atoms with E-state index in [0.29, 0.717) is 5.69 Å². The zero-order valence-electron chi connectivity index (χ0n) is 17.6. The Labute approximate surface area is 193 Å². The molecule has 188 valence electrons. The van der Waals surface area contributed by atoms with E-state index < -0.39 is 36.2 Å². The summed E-state index contributed by atoms with van der Waals surface area (Å²) in [6.07, 6.45) is -10.5. The van der Waals surface area contributed by atoms with Gasteiger partial charge in [0.1, 0.15) is 11.5 Å². The summed E-state index contributed by atoms with van der Waals surface area (Å²) in [5, 5.41) is 3.67. The standard InChI is InChI=1S/C21H17F6N3O5/c22-20(23,24)33-15-5-1-13(2-6-15)28-19(32)35-29-9-12-10-30(18(31)17(12)11-29)14-3-7-16(8-4-14)34-21(25,26)27/h1-8,12,17H,9-11H2,(H,28,32)/t12-,17-/m1/s1. The van der Waals surface area contributed by atoms with Gasteiger partial charge in [0.05, 0.1) is 5.92 Å². The molecule has 2 saturated heterocycles. The number of benzene rings is 2. The minimum atomic E-state index is -4.83. The summed E-state index contributed by atoms with van der Waals surface area (Å²) in [4.78, 5) is 31.6. The Kier molecular flexibility index (Phi) is 6.40. The van der Waals surface area contributed by atoms with E-state index in [1.54, 1.807) is 0 Å². The van der Waals surface area contributed by atoms with E-state index in [0.717, 1.165) is 24.3 Å². The number of fused-ring (bicyclic) bond motifs is 1. The number of ether oxygens (including phenoxy) is 2. The number of hydrogen-bond donors (Lipinski definition) is 1. The average molecular weight is 505 g/mol. The number of halogens is 6. The van der Waals surface area contributed by atoms with Gasteiger partial charge in [0.25, 0.3) is 0 Å². The number of rotatable bonds is 5. The number of amides is 2. The van der Waals surface area contributed by atoms with Crippen molar-refractivity contribution in [3.8, 4) is 11.5 Å². The van der Waals surface area contributed by atoms with Crippen LogP contribution in [-0.2, 0) is 9.63 Å². The number of alkyl halides is 6. The third kappa shape index (κ3) is 6.26. The first-order valence-corrected chi connectivity index (χ1v) is 10.1. The van der Waals surface area contributed by atoms with Crippen molar-refractivity contribution in [1.82, 2.24) is 5.06 Å². The highest BCUT2D eigenvalue weighted by Crippen LogP contribution is 2.36. The SMILES string of the molecule is O=C(Nc1ccc(OC(F)(F)F)cc1)ON1C[C@@H]2CN(c3ccc(OC(F)(F)F)cc3)C(=O)[C@@H]2C1. The van der Waals surface area contributed by atoms with Crippen LogP contribution in [0.1, 0.15) is 0 Å². The second-order valence-corrected chi connectivity index (χ2v) is 7.78. The van der Waals surface area contributed by atoms with Crippen LogP contribution in [0, 0.1) is 11.8 Å². The molecule has 2 fully saturated rings. The molecule has 0 unspecified atom stereocenters. The molecule has 0 spiro atoms. The Bertz CT molecular complexity index is 1070. The number of hydroxylamine groups is 2. The average Bonchev–Trinajstić information content (AvgIpc) is 3.26. The number of carbonyl (C=O) groups excluding carboxylic acids is 2. The molecular formula is C21H17F6N3O5. The normalized spacial score (nSPS) is 20.5. The van der Waals surface area contributed by atoms with Crippen molar-refractivity contribution in [3.05, 3.63) is 48.5 Å². The number of nitrogens with one attached hydrogen (secondary N) is 1. The lowest BCUT2D eigenvalue weighted by Crippen LogP contribution is -2.34. The lowest BCUT2D eigenvalue weighted by atomic mass is 10.0. The van der Waals surface area contributed by atoms with Gasteiger partial charge in [0, 0.05) is 36.9 Å². The van der Waals surface area contributed by atoms with Crippen molar-refractivity contribution in [3.63, 3.8) is 0 Å². The van der Waals surface area contributed by atoms with Gasteiger partial charge < -0.3 is 19.2 Å². The second kappa shape index (κ2) is 9.17. The molecule has 14 heteroatoms. The predicted octanol–water partition coefficient (Wildman–Crippen LogP) is 4.54. The lowest BCUT2D eigenvalue weighted by Gasteiger charge is -2.21. The molecule has 0 bridgehead atoms. The Hall–Kier alpha value is -3.68. The summed E-state index contributed by atoms with van der Waals surface area (Å²) in [5.41, 5.74) is 0.589. The van der Waals surface area contributed by atoms with Gasteiger partial charge in [-0.15, -0.1) is 31.4 Å². The molecule has 2 aliphatic rings. The van der Waals surface area contributed by atoms with Crippen LogP contribution in [0.4, 0.5) is 42.5 Å². The molecule has 2 heterocycles. The van der Waals surface area contributed by atoms with Crippen LogP contribution >= 0.6 is 0 Å². The van der Waals surface area contributed by atoms with E-state index in [2.05, 4.69) is 14.8 Å². The minimum absolute atomic E-state index is 0.112. The molecule has 2 aliphatic heterocycles. The first kappa shape index (κ1) is 24.4. The van der Waals surface area contributed by atoms with Gasteiger partial charge in [-0.25, -0.2) is 4.79 Å². The summed E-state index contributed by atoms with van der Waals surface area (Å²) in [5.74, 6) is -1.77. The summed E-state index contributed by atoms with van der Waals surface area (Å²) in [6.45, 7) is 0.639. The maximum Gasteiger partial charge on any atom is 0.573 e. The fourth-order valence-electron chi connectivity index (χ4n) is 3.95. The molecule has 0 radical (unpaired) electrons. The van der Waals surface area contributed by atoms with Crippen LogP contribution in [0.3, 0.4) is 0 Å². The van der Waals surface area contributed by atoms with Crippen LogP contribution in [0.5, 0.6) is 11.5 Å². The van der Waals surface area contributed by atoms with Crippen molar-refractivity contribution < 1.29 is 50.2 Å². The summed E-state index contributed by atoms with van der Waals surface area (Å²) in [7, 11) is 0. The molecule has 2 atom stereocenters. The van der Waals surface area contributed by atoms with E-state index in [-0.39, 0.29) is 37.1 Å². The van der Waals surface area contributed by atoms with E-state index in [1.165, 1.54) is 34.2 Å². The Balaban J connectivity index is 1.28. The van der Waals surface area contributed by atoms with E-state index in [9.17, 15) is 35.9 Å². The zero-order valence-corrected chi connectivity index (χ0v) is 17.6. The van der Waals surface area contributed by atoms with Gasteiger partial charge in [-0.1, -0.05) is 0 Å². The van der Waals surface area contributed by atoms with E-state index in [1.807, 2.05) is 0 Å². The summed E-state index contributed by atoms with van der Waals surface area (Å²) < 4.78 is 81.1. The summed E-state index contributed by atoms with van der Waals surface area (Å²) in [6, 6.07) is 9.40. The van der Waals surface area contributed by atoms with Crippen molar-refractivity contribution in [2.24, 2.45) is 11.8 Å². The minimum Gasteiger partial charge on any atom is -0.406 e. The number of anilines is 2. The van der Waals surface area contributed by atoms with Gasteiger partial charge in [0.15, 0.2) is 0 Å². The largest absolute Gasteiger partial charge is 0.573 e. The molecule has 0 aliphatic carbocycles. The molecule has 2 amide bonds. The highest BCUT2D eigenvalue weighted by Gasteiger charge is 2.48. The van der Waals surface area contributed by atoms with Crippen molar-refractivity contribution in [2.75, 3.05) is 29.9 Å². The third-order valence-electron chi connectivity index (χ3n) is 5.34. The lowest BCUT2D eigenvalue weighted by molar-refractivity contribution is -0.275. The Morgan fingerprint density at radius 3 is 1.89 bits per heavy atom. The molecular weight excluding hydrogens is 488 g/mol. The zero-order chi connectivity index (χ0) is 25.4. The number of nitrogens with zero attached hydrogens (tertiary/aromatic N) is 2. The van der Waals surface area contributed by atoms with Gasteiger partial charge >= 0.3 is 18.8 Å². The second-order valence-electron chi connectivity index (χ2n) is 7.78. The molecule has 8 nitrogen and oxygen atoms in total. The quantitative estimate of drug-likeness (QED) is 0.602. The summed E-state index contributed by atoms with van der Waals surface area (Å²) >= 11 is 0. The Morgan fingerprint density at radius 2 is 1.37 bits per heavy atom. The van der Waals surface area contributed by atoms with Gasteiger partial charge in [-0.2, -0.15) is 0 Å². The molecule has 0 saturated carbocycles. The van der Waals surface area contributed by atoms with Crippen LogP contribution in [0.25, 0.3) is 0 Å². The molecule has 35 heavy (non-hydrogen) atoms. The highest BCUT2D eigenvalue weighted by molar-refractivity contribution is 5.98. The Morgan fingerprint density at radius 1 is 0.829 bits per heavy atom. The highest BCUT2D eigenvalue weighted by atomic mass is 19.4. The first-order chi connectivity index (χ1) is 16.4. The number of hydrogen-bond acceptors (Lipinski definition) is 6. The maximum absolute atomic E-state index is 12.8. The van der Waals surface area contributed by atoms with Crippen LogP contribution in [0.2, 0.25) is 0 Å². The van der Waals surface area contributed by atoms with Gasteiger partial charge in [-0.3, -0.25) is 10.1 Å². The molecule has 2 aromatic carbocycles. The van der Waals surface area contributed by atoms with Crippen molar-refractivity contribution in [1.29, 1.82) is 0 Å². The van der Waals surface area contributed by atoms with Crippen LogP contribution in [0.15, 0.2) is 48.5 Å².